The summed E-state index contributed by atoms with van der Waals surface area (Å²) in [6, 6.07) is 0. The Morgan fingerprint density at radius 1 is 1.50 bits per heavy atom. The Labute approximate surface area is 122 Å². The van der Waals surface area contributed by atoms with Gasteiger partial charge < -0.3 is 9.84 Å². The van der Waals surface area contributed by atoms with Crippen molar-refractivity contribution < 1.29 is 14.6 Å². The molecular formula is C17H28O3. The smallest absolute Gasteiger partial charge is 0.303 e. The molecular weight excluding hydrogens is 252 g/mol. The van der Waals surface area contributed by atoms with Crippen LogP contribution in [0.25, 0.3) is 0 Å². The zero-order valence-electron chi connectivity index (χ0n) is 13.4. The lowest BCUT2D eigenvalue weighted by Gasteiger charge is -2.44. The van der Waals surface area contributed by atoms with Crippen LogP contribution in [0.4, 0.5) is 0 Å². The fraction of sp³-hybridized carbons (Fsp3) is 0.824. The third-order valence-corrected chi connectivity index (χ3v) is 5.66. The molecule has 3 heteroatoms. The van der Waals surface area contributed by atoms with Crippen molar-refractivity contribution in [1.29, 1.82) is 0 Å². The first kappa shape index (κ1) is 15.6. The second kappa shape index (κ2) is 5.18. The standard InChI is InChI=1S/C17H28O3/c1-11(2)14-7-9-16(5)8-6-12(3)15(20-13(4)18)10-17(14,16)19/h6,11,14-15,19H,7-10H2,1-5H3/t14-,15-,16+,17+/m1/s1. The van der Waals surface area contributed by atoms with Gasteiger partial charge in [-0.15, -0.1) is 0 Å². The van der Waals surface area contributed by atoms with Crippen LogP contribution in [0.1, 0.15) is 60.3 Å². The summed E-state index contributed by atoms with van der Waals surface area (Å²) in [4.78, 5) is 11.3. The van der Waals surface area contributed by atoms with Crippen LogP contribution < -0.4 is 0 Å². The average Bonchev–Trinajstić information content (AvgIpc) is 2.53. The molecule has 0 spiro atoms. The van der Waals surface area contributed by atoms with Gasteiger partial charge in [-0.2, -0.15) is 0 Å². The van der Waals surface area contributed by atoms with Crippen LogP contribution in [0, 0.1) is 17.3 Å². The van der Waals surface area contributed by atoms with Crippen molar-refractivity contribution in [3.05, 3.63) is 11.6 Å². The van der Waals surface area contributed by atoms with E-state index in [0.717, 1.165) is 24.8 Å². The van der Waals surface area contributed by atoms with Crippen molar-refractivity contribution >= 4 is 5.97 Å². The van der Waals surface area contributed by atoms with Gasteiger partial charge in [0.15, 0.2) is 0 Å². The van der Waals surface area contributed by atoms with E-state index in [4.69, 9.17) is 4.74 Å². The minimum atomic E-state index is -0.741. The van der Waals surface area contributed by atoms with Gasteiger partial charge >= 0.3 is 5.97 Å². The van der Waals surface area contributed by atoms with Gasteiger partial charge in [0.25, 0.3) is 0 Å². The van der Waals surface area contributed by atoms with Crippen molar-refractivity contribution in [3.8, 4) is 0 Å². The van der Waals surface area contributed by atoms with Crippen molar-refractivity contribution in [1.82, 2.24) is 0 Å². The lowest BCUT2D eigenvalue weighted by atomic mass is 9.67. The number of rotatable bonds is 2. The molecule has 1 fully saturated rings. The Hall–Kier alpha value is -0.830. The second-order valence-corrected chi connectivity index (χ2v) is 7.33. The predicted molar refractivity (Wildman–Crippen MR) is 79.2 cm³/mol. The SMILES string of the molecule is CC(=O)O[C@@H]1C[C@]2(O)[C@@H](C(C)C)CC[C@]2(C)CC=C1C. The number of hydrogen-bond acceptors (Lipinski definition) is 3. The zero-order chi connectivity index (χ0) is 15.1. The van der Waals surface area contributed by atoms with Crippen molar-refractivity contribution in [2.45, 2.75) is 72.0 Å². The molecule has 0 aromatic carbocycles. The number of carbonyl (C=O) groups is 1. The van der Waals surface area contributed by atoms with Gasteiger partial charge in [0, 0.05) is 18.8 Å². The van der Waals surface area contributed by atoms with Gasteiger partial charge in [-0.1, -0.05) is 26.8 Å². The lowest BCUT2D eigenvalue weighted by Crippen LogP contribution is -2.49. The molecule has 0 aliphatic heterocycles. The van der Waals surface area contributed by atoms with E-state index >= 15 is 0 Å². The highest BCUT2D eigenvalue weighted by molar-refractivity contribution is 5.66. The first-order valence-corrected chi connectivity index (χ1v) is 7.76. The van der Waals surface area contributed by atoms with Crippen LogP contribution in [0.3, 0.4) is 0 Å². The maximum atomic E-state index is 11.5. The van der Waals surface area contributed by atoms with Crippen LogP contribution in [0.15, 0.2) is 11.6 Å². The number of fused-ring (bicyclic) bond motifs is 1. The lowest BCUT2D eigenvalue weighted by molar-refractivity contribution is -0.153. The van der Waals surface area contributed by atoms with Crippen LogP contribution in [-0.2, 0) is 9.53 Å². The van der Waals surface area contributed by atoms with E-state index < -0.39 is 5.60 Å². The molecule has 1 saturated carbocycles. The molecule has 0 bridgehead atoms. The number of allylic oxidation sites excluding steroid dienone is 1. The molecule has 2 rings (SSSR count). The van der Waals surface area contributed by atoms with Gasteiger partial charge in [0.1, 0.15) is 6.10 Å². The van der Waals surface area contributed by atoms with Gasteiger partial charge in [0.2, 0.25) is 0 Å². The number of hydrogen-bond donors (Lipinski definition) is 1. The Kier molecular flexibility index (Phi) is 4.03. The number of aliphatic hydroxyl groups is 1. The molecule has 0 heterocycles. The Morgan fingerprint density at radius 2 is 2.15 bits per heavy atom. The molecule has 0 aromatic rings. The fourth-order valence-electron chi connectivity index (χ4n) is 4.23. The van der Waals surface area contributed by atoms with E-state index in [1.807, 2.05) is 6.92 Å². The molecule has 114 valence electrons. The van der Waals surface area contributed by atoms with Crippen molar-refractivity contribution in [2.24, 2.45) is 17.3 Å². The molecule has 1 N–H and O–H groups in total. The molecule has 4 atom stereocenters. The summed E-state index contributed by atoms with van der Waals surface area (Å²) < 4.78 is 5.46. The maximum absolute atomic E-state index is 11.5. The highest BCUT2D eigenvalue weighted by Gasteiger charge is 2.58. The first-order valence-electron chi connectivity index (χ1n) is 7.76. The van der Waals surface area contributed by atoms with E-state index in [0.29, 0.717) is 12.3 Å². The molecule has 0 saturated heterocycles. The number of carbonyl (C=O) groups excluding carboxylic acids is 1. The van der Waals surface area contributed by atoms with Crippen LogP contribution in [0.2, 0.25) is 0 Å². The highest BCUT2D eigenvalue weighted by atomic mass is 16.5. The van der Waals surface area contributed by atoms with Crippen LogP contribution in [0.5, 0.6) is 0 Å². The van der Waals surface area contributed by atoms with Gasteiger partial charge in [0.05, 0.1) is 5.60 Å². The Morgan fingerprint density at radius 3 is 2.70 bits per heavy atom. The van der Waals surface area contributed by atoms with Crippen LogP contribution in [-0.4, -0.2) is 22.8 Å². The summed E-state index contributed by atoms with van der Waals surface area (Å²) in [5, 5.41) is 11.5. The normalized spacial score (nSPS) is 41.0. The summed E-state index contributed by atoms with van der Waals surface area (Å²) in [7, 11) is 0. The number of esters is 1. The summed E-state index contributed by atoms with van der Waals surface area (Å²) in [6.07, 6.45) is 5.39. The summed E-state index contributed by atoms with van der Waals surface area (Å²) >= 11 is 0. The molecule has 0 unspecified atom stereocenters. The Balaban J connectivity index is 2.35. The minimum Gasteiger partial charge on any atom is -0.458 e. The molecule has 0 radical (unpaired) electrons. The quantitative estimate of drug-likeness (QED) is 0.622. The topological polar surface area (TPSA) is 46.5 Å². The molecule has 20 heavy (non-hydrogen) atoms. The Bertz CT molecular complexity index is 426. The van der Waals surface area contributed by atoms with Crippen molar-refractivity contribution in [2.75, 3.05) is 0 Å². The summed E-state index contributed by atoms with van der Waals surface area (Å²) in [6.45, 7) is 10.00. The molecule has 3 nitrogen and oxygen atoms in total. The molecule has 0 aromatic heterocycles. The third kappa shape index (κ3) is 2.41. The molecule has 0 amide bonds. The van der Waals surface area contributed by atoms with Gasteiger partial charge in [-0.05, 0) is 43.6 Å². The molecule has 2 aliphatic rings. The molecule has 2 aliphatic carbocycles. The van der Waals surface area contributed by atoms with Crippen molar-refractivity contribution in [3.63, 3.8) is 0 Å². The van der Waals surface area contributed by atoms with E-state index in [2.05, 4.69) is 26.8 Å². The van der Waals surface area contributed by atoms with E-state index in [-0.39, 0.29) is 23.4 Å². The average molecular weight is 280 g/mol. The number of ether oxygens (including phenoxy) is 1. The van der Waals surface area contributed by atoms with Gasteiger partial charge in [-0.3, -0.25) is 4.79 Å². The van der Waals surface area contributed by atoms with Gasteiger partial charge in [-0.25, -0.2) is 0 Å². The fourth-order valence-corrected chi connectivity index (χ4v) is 4.23. The second-order valence-electron chi connectivity index (χ2n) is 7.33. The predicted octanol–water partition coefficient (Wildman–Crippen LogP) is 3.46. The van der Waals surface area contributed by atoms with Crippen LogP contribution >= 0.6 is 0 Å². The summed E-state index contributed by atoms with van der Waals surface area (Å²) in [5.74, 6) is 0.456. The minimum absolute atomic E-state index is 0.0991. The third-order valence-electron chi connectivity index (χ3n) is 5.66. The first-order chi connectivity index (χ1) is 9.19. The monoisotopic (exact) mass is 280 g/mol. The zero-order valence-corrected chi connectivity index (χ0v) is 13.4. The van der Waals surface area contributed by atoms with E-state index in [9.17, 15) is 9.90 Å². The largest absolute Gasteiger partial charge is 0.458 e. The van der Waals surface area contributed by atoms with E-state index in [1.165, 1.54) is 6.92 Å². The summed E-state index contributed by atoms with van der Waals surface area (Å²) in [5.41, 5.74) is 0.236. The van der Waals surface area contributed by atoms with E-state index in [1.54, 1.807) is 0 Å². The highest BCUT2D eigenvalue weighted by Crippen LogP contribution is 2.58. The maximum Gasteiger partial charge on any atom is 0.303 e.